The van der Waals surface area contributed by atoms with Crippen LogP contribution in [0, 0.1) is 5.92 Å². The van der Waals surface area contributed by atoms with Crippen molar-refractivity contribution in [1.29, 1.82) is 0 Å². The fourth-order valence-corrected chi connectivity index (χ4v) is 2.63. The largest absolute Gasteiger partial charge is 0.372 e. The molecule has 1 saturated heterocycles. The molecule has 0 radical (unpaired) electrons. The highest BCUT2D eigenvalue weighted by Crippen LogP contribution is 2.31. The molecule has 2 heterocycles. The summed E-state index contributed by atoms with van der Waals surface area (Å²) in [6.45, 7) is 4.48. The van der Waals surface area contributed by atoms with E-state index in [1.807, 2.05) is 7.05 Å². The van der Waals surface area contributed by atoms with Gasteiger partial charge in [-0.1, -0.05) is 6.92 Å². The van der Waals surface area contributed by atoms with E-state index in [2.05, 4.69) is 43.0 Å². The molecule has 0 aromatic carbocycles. The topological polar surface area (TPSA) is 41.1 Å². The molecule has 16 heavy (non-hydrogen) atoms. The molecule has 0 saturated carbocycles. The molecule has 1 aromatic heterocycles. The van der Waals surface area contributed by atoms with Gasteiger partial charge in [0.25, 0.3) is 0 Å². The van der Waals surface area contributed by atoms with Crippen LogP contribution in [0.1, 0.15) is 19.8 Å². The summed E-state index contributed by atoms with van der Waals surface area (Å²) >= 11 is 3.56. The quantitative estimate of drug-likeness (QED) is 0.906. The first-order valence-electron chi connectivity index (χ1n) is 5.65. The summed E-state index contributed by atoms with van der Waals surface area (Å²) in [6.07, 6.45) is 4.10. The summed E-state index contributed by atoms with van der Waals surface area (Å²) in [5.74, 6) is 2.69. The standard InChI is InChI=1S/C11H17BrN4/c1-8-3-5-16(6-4-8)11-9(12)10(13-2)14-7-15-11/h7-8H,3-6H2,1-2H3,(H,13,14,15). The zero-order valence-electron chi connectivity index (χ0n) is 9.70. The van der Waals surface area contributed by atoms with Crippen LogP contribution < -0.4 is 10.2 Å². The van der Waals surface area contributed by atoms with Crippen molar-refractivity contribution in [3.63, 3.8) is 0 Å². The van der Waals surface area contributed by atoms with Crippen LogP contribution in [0.15, 0.2) is 10.8 Å². The molecule has 2 rings (SSSR count). The van der Waals surface area contributed by atoms with E-state index in [0.717, 1.165) is 35.1 Å². The lowest BCUT2D eigenvalue weighted by Crippen LogP contribution is -2.33. The van der Waals surface area contributed by atoms with Gasteiger partial charge < -0.3 is 10.2 Å². The van der Waals surface area contributed by atoms with Gasteiger partial charge in [-0.2, -0.15) is 0 Å². The van der Waals surface area contributed by atoms with Crippen molar-refractivity contribution in [2.24, 2.45) is 5.92 Å². The number of rotatable bonds is 2. The van der Waals surface area contributed by atoms with Gasteiger partial charge in [-0.05, 0) is 34.7 Å². The van der Waals surface area contributed by atoms with Crippen molar-refractivity contribution in [1.82, 2.24) is 9.97 Å². The molecule has 88 valence electrons. The van der Waals surface area contributed by atoms with E-state index in [-0.39, 0.29) is 0 Å². The highest BCUT2D eigenvalue weighted by Gasteiger charge is 2.20. The number of hydrogen-bond acceptors (Lipinski definition) is 4. The highest BCUT2D eigenvalue weighted by atomic mass is 79.9. The summed E-state index contributed by atoms with van der Waals surface area (Å²) in [6, 6.07) is 0. The first-order chi connectivity index (χ1) is 7.72. The number of hydrogen-bond donors (Lipinski definition) is 1. The second kappa shape index (κ2) is 4.99. The van der Waals surface area contributed by atoms with Gasteiger partial charge in [0, 0.05) is 20.1 Å². The lowest BCUT2D eigenvalue weighted by Gasteiger charge is -2.31. The Morgan fingerprint density at radius 1 is 1.38 bits per heavy atom. The van der Waals surface area contributed by atoms with E-state index in [4.69, 9.17) is 0 Å². The van der Waals surface area contributed by atoms with Crippen molar-refractivity contribution in [3.8, 4) is 0 Å². The molecule has 1 aliphatic rings. The zero-order chi connectivity index (χ0) is 11.5. The van der Waals surface area contributed by atoms with Crippen molar-refractivity contribution in [2.45, 2.75) is 19.8 Å². The fraction of sp³-hybridized carbons (Fsp3) is 0.636. The lowest BCUT2D eigenvalue weighted by molar-refractivity contribution is 0.436. The van der Waals surface area contributed by atoms with Crippen molar-refractivity contribution < 1.29 is 0 Å². The van der Waals surface area contributed by atoms with Crippen molar-refractivity contribution in [3.05, 3.63) is 10.8 Å². The maximum absolute atomic E-state index is 4.36. The molecular formula is C11H17BrN4. The molecule has 0 bridgehead atoms. The molecule has 0 aliphatic carbocycles. The molecule has 4 nitrogen and oxygen atoms in total. The Hall–Kier alpha value is -0.840. The van der Waals surface area contributed by atoms with Crippen LogP contribution in [0.25, 0.3) is 0 Å². The maximum atomic E-state index is 4.36. The second-order valence-corrected chi connectivity index (χ2v) is 5.07. The molecule has 1 aliphatic heterocycles. The van der Waals surface area contributed by atoms with Crippen LogP contribution in [0.4, 0.5) is 11.6 Å². The summed E-state index contributed by atoms with van der Waals surface area (Å²) in [5.41, 5.74) is 0. The molecular weight excluding hydrogens is 268 g/mol. The van der Waals surface area contributed by atoms with E-state index in [0.29, 0.717) is 0 Å². The van der Waals surface area contributed by atoms with Gasteiger partial charge in [0.1, 0.15) is 22.4 Å². The van der Waals surface area contributed by atoms with Gasteiger partial charge in [-0.25, -0.2) is 9.97 Å². The number of nitrogens with zero attached hydrogens (tertiary/aromatic N) is 3. The third-order valence-electron chi connectivity index (χ3n) is 3.09. The molecule has 1 N–H and O–H groups in total. The van der Waals surface area contributed by atoms with E-state index >= 15 is 0 Å². The van der Waals surface area contributed by atoms with Gasteiger partial charge in [0.05, 0.1) is 0 Å². The van der Waals surface area contributed by atoms with Gasteiger partial charge >= 0.3 is 0 Å². The molecule has 0 amide bonds. The molecule has 1 aromatic rings. The zero-order valence-corrected chi connectivity index (χ0v) is 11.3. The SMILES string of the molecule is CNc1ncnc(N2CCC(C)CC2)c1Br. The number of piperidine rings is 1. The Bertz CT molecular complexity index is 361. The van der Waals surface area contributed by atoms with Gasteiger partial charge in [-0.15, -0.1) is 0 Å². The summed E-state index contributed by atoms with van der Waals surface area (Å²) in [7, 11) is 1.87. The minimum Gasteiger partial charge on any atom is -0.372 e. The molecule has 1 fully saturated rings. The summed E-state index contributed by atoms with van der Waals surface area (Å²) < 4.78 is 0.965. The fourth-order valence-electron chi connectivity index (χ4n) is 1.98. The molecule has 0 spiro atoms. The number of halogens is 1. The Morgan fingerprint density at radius 2 is 2.06 bits per heavy atom. The molecule has 5 heteroatoms. The normalized spacial score (nSPS) is 17.6. The van der Waals surface area contributed by atoms with E-state index in [1.54, 1.807) is 6.33 Å². The Kier molecular flexibility index (Phi) is 3.63. The molecule has 0 unspecified atom stereocenters. The second-order valence-electron chi connectivity index (χ2n) is 4.28. The highest BCUT2D eigenvalue weighted by molar-refractivity contribution is 9.10. The average Bonchev–Trinajstić information content (AvgIpc) is 2.31. The summed E-state index contributed by atoms with van der Waals surface area (Å²) in [5, 5.41) is 3.06. The number of nitrogens with one attached hydrogen (secondary N) is 1. The van der Waals surface area contributed by atoms with Crippen LogP contribution in [0.5, 0.6) is 0 Å². The Labute approximate surface area is 105 Å². The minimum absolute atomic E-state index is 0.834. The minimum atomic E-state index is 0.834. The van der Waals surface area contributed by atoms with Crippen LogP contribution in [-0.2, 0) is 0 Å². The van der Waals surface area contributed by atoms with Crippen LogP contribution in [0.3, 0.4) is 0 Å². The van der Waals surface area contributed by atoms with Gasteiger partial charge in [0.2, 0.25) is 0 Å². The Morgan fingerprint density at radius 3 is 2.69 bits per heavy atom. The number of aromatic nitrogens is 2. The van der Waals surface area contributed by atoms with Gasteiger partial charge in [-0.3, -0.25) is 0 Å². The van der Waals surface area contributed by atoms with E-state index < -0.39 is 0 Å². The first-order valence-corrected chi connectivity index (χ1v) is 6.45. The first kappa shape index (κ1) is 11.6. The van der Waals surface area contributed by atoms with Crippen LogP contribution in [0.2, 0.25) is 0 Å². The maximum Gasteiger partial charge on any atom is 0.148 e. The molecule has 0 atom stereocenters. The smallest absolute Gasteiger partial charge is 0.148 e. The third-order valence-corrected chi connectivity index (χ3v) is 3.82. The predicted molar refractivity (Wildman–Crippen MR) is 69.9 cm³/mol. The summed E-state index contributed by atoms with van der Waals surface area (Å²) in [4.78, 5) is 10.9. The monoisotopic (exact) mass is 284 g/mol. The van der Waals surface area contributed by atoms with E-state index in [9.17, 15) is 0 Å². The van der Waals surface area contributed by atoms with Crippen LogP contribution >= 0.6 is 15.9 Å². The van der Waals surface area contributed by atoms with Gasteiger partial charge in [0.15, 0.2) is 0 Å². The average molecular weight is 285 g/mol. The van der Waals surface area contributed by atoms with Crippen molar-refractivity contribution in [2.75, 3.05) is 30.4 Å². The Balaban J connectivity index is 2.20. The lowest BCUT2D eigenvalue weighted by atomic mass is 9.99. The third kappa shape index (κ3) is 2.29. The van der Waals surface area contributed by atoms with Crippen LogP contribution in [-0.4, -0.2) is 30.1 Å². The number of anilines is 2. The van der Waals surface area contributed by atoms with Crippen molar-refractivity contribution >= 4 is 27.6 Å². The predicted octanol–water partition coefficient (Wildman–Crippen LogP) is 2.52. The van der Waals surface area contributed by atoms with E-state index in [1.165, 1.54) is 12.8 Å².